The van der Waals surface area contributed by atoms with Crippen molar-refractivity contribution in [1.82, 2.24) is 14.7 Å². The van der Waals surface area contributed by atoms with Crippen LogP contribution in [0.5, 0.6) is 0 Å². The van der Waals surface area contributed by atoms with E-state index in [1.165, 1.54) is 25.7 Å². The fourth-order valence-corrected chi connectivity index (χ4v) is 3.37. The molecule has 5 heteroatoms. The van der Waals surface area contributed by atoms with Gasteiger partial charge in [0.1, 0.15) is 0 Å². The Morgan fingerprint density at radius 3 is 2.40 bits per heavy atom. The van der Waals surface area contributed by atoms with Crippen LogP contribution in [0.1, 0.15) is 32.1 Å². The van der Waals surface area contributed by atoms with Crippen LogP contribution in [0.2, 0.25) is 0 Å². The molecule has 1 atom stereocenters. The first-order valence-corrected chi connectivity index (χ1v) is 7.86. The molecule has 20 heavy (non-hydrogen) atoms. The van der Waals surface area contributed by atoms with E-state index in [0.717, 1.165) is 13.1 Å². The summed E-state index contributed by atoms with van der Waals surface area (Å²) in [6, 6.07) is 0. The Kier molecular flexibility index (Phi) is 5.41. The van der Waals surface area contributed by atoms with E-state index in [-0.39, 0.29) is 5.91 Å². The van der Waals surface area contributed by atoms with Crippen LogP contribution in [0.25, 0.3) is 0 Å². The smallest absolute Gasteiger partial charge is 0.236 e. The SMILES string of the molecule is CN(C)C[C@]1(O)CCN(C(=O)CN2CCCCCC2)C1. The topological polar surface area (TPSA) is 47.0 Å². The minimum atomic E-state index is -0.724. The molecule has 2 rings (SSSR count). The van der Waals surface area contributed by atoms with Crippen molar-refractivity contribution in [3.8, 4) is 0 Å². The molecule has 2 heterocycles. The van der Waals surface area contributed by atoms with Crippen molar-refractivity contribution >= 4 is 5.91 Å². The maximum Gasteiger partial charge on any atom is 0.236 e. The molecule has 0 spiro atoms. The molecule has 2 aliphatic rings. The van der Waals surface area contributed by atoms with Gasteiger partial charge in [-0.1, -0.05) is 12.8 Å². The molecule has 2 saturated heterocycles. The van der Waals surface area contributed by atoms with Crippen molar-refractivity contribution in [2.45, 2.75) is 37.7 Å². The molecule has 0 bridgehead atoms. The predicted octanol–water partition coefficient (Wildman–Crippen LogP) is 0.387. The molecular weight excluding hydrogens is 254 g/mol. The third kappa shape index (κ3) is 4.43. The second-order valence-electron chi connectivity index (χ2n) is 6.72. The summed E-state index contributed by atoms with van der Waals surface area (Å²) in [5, 5.41) is 10.5. The van der Waals surface area contributed by atoms with Gasteiger partial charge in [-0.2, -0.15) is 0 Å². The van der Waals surface area contributed by atoms with Crippen LogP contribution >= 0.6 is 0 Å². The van der Waals surface area contributed by atoms with Crippen LogP contribution in [-0.4, -0.2) is 84.7 Å². The number of nitrogens with zero attached hydrogens (tertiary/aromatic N) is 3. The molecule has 1 N–H and O–H groups in total. The molecule has 0 radical (unpaired) electrons. The van der Waals surface area contributed by atoms with Crippen LogP contribution < -0.4 is 0 Å². The lowest BCUT2D eigenvalue weighted by Gasteiger charge is -2.27. The van der Waals surface area contributed by atoms with Gasteiger partial charge >= 0.3 is 0 Å². The summed E-state index contributed by atoms with van der Waals surface area (Å²) in [6.07, 6.45) is 5.68. The summed E-state index contributed by atoms with van der Waals surface area (Å²) in [5.74, 6) is 0.182. The molecule has 5 nitrogen and oxygen atoms in total. The number of hydrogen-bond acceptors (Lipinski definition) is 4. The van der Waals surface area contributed by atoms with Crippen LogP contribution in [0.15, 0.2) is 0 Å². The third-order valence-corrected chi connectivity index (χ3v) is 4.35. The van der Waals surface area contributed by atoms with Gasteiger partial charge in [0.2, 0.25) is 5.91 Å². The fourth-order valence-electron chi connectivity index (χ4n) is 3.37. The highest BCUT2D eigenvalue weighted by Gasteiger charge is 2.38. The fraction of sp³-hybridized carbons (Fsp3) is 0.933. The molecule has 1 amide bonds. The van der Waals surface area contributed by atoms with Crippen LogP contribution in [-0.2, 0) is 4.79 Å². The lowest BCUT2D eigenvalue weighted by Crippen LogP contribution is -2.45. The van der Waals surface area contributed by atoms with E-state index in [9.17, 15) is 9.90 Å². The molecule has 0 saturated carbocycles. The number of rotatable bonds is 4. The zero-order valence-corrected chi connectivity index (χ0v) is 13.0. The summed E-state index contributed by atoms with van der Waals surface area (Å²) >= 11 is 0. The van der Waals surface area contributed by atoms with Gasteiger partial charge in [0.05, 0.1) is 18.7 Å². The highest BCUT2D eigenvalue weighted by Crippen LogP contribution is 2.22. The summed E-state index contributed by atoms with van der Waals surface area (Å²) in [4.78, 5) is 18.5. The van der Waals surface area contributed by atoms with Crippen molar-refractivity contribution in [3.05, 3.63) is 0 Å². The average Bonchev–Trinajstić information content (AvgIpc) is 2.59. The first kappa shape index (κ1) is 15.7. The van der Waals surface area contributed by atoms with E-state index in [0.29, 0.717) is 32.6 Å². The first-order chi connectivity index (χ1) is 9.48. The zero-order valence-electron chi connectivity index (χ0n) is 13.0. The van der Waals surface area contributed by atoms with E-state index >= 15 is 0 Å². The molecule has 0 unspecified atom stereocenters. The van der Waals surface area contributed by atoms with E-state index in [2.05, 4.69) is 4.90 Å². The molecule has 0 aromatic heterocycles. The number of hydrogen-bond donors (Lipinski definition) is 1. The Balaban J connectivity index is 1.81. The monoisotopic (exact) mass is 283 g/mol. The number of likely N-dealkylation sites (N-methyl/N-ethyl adjacent to an activating group) is 1. The van der Waals surface area contributed by atoms with E-state index in [1.807, 2.05) is 23.9 Å². The van der Waals surface area contributed by atoms with Gasteiger partial charge in [-0.3, -0.25) is 9.69 Å². The van der Waals surface area contributed by atoms with Gasteiger partial charge in [0.15, 0.2) is 0 Å². The molecule has 2 fully saturated rings. The van der Waals surface area contributed by atoms with Gasteiger partial charge in [-0.15, -0.1) is 0 Å². The van der Waals surface area contributed by atoms with Crippen molar-refractivity contribution in [2.75, 3.05) is 53.4 Å². The van der Waals surface area contributed by atoms with Crippen LogP contribution in [0.3, 0.4) is 0 Å². The number of carbonyl (C=O) groups excluding carboxylic acids is 1. The molecule has 0 aliphatic carbocycles. The normalized spacial score (nSPS) is 28.9. The second-order valence-corrected chi connectivity index (χ2v) is 6.72. The van der Waals surface area contributed by atoms with Crippen molar-refractivity contribution in [1.29, 1.82) is 0 Å². The molecular formula is C15H29N3O2. The Hall–Kier alpha value is -0.650. The lowest BCUT2D eigenvalue weighted by molar-refractivity contribution is -0.132. The van der Waals surface area contributed by atoms with E-state index in [4.69, 9.17) is 0 Å². The molecule has 2 aliphatic heterocycles. The van der Waals surface area contributed by atoms with Gasteiger partial charge in [-0.05, 0) is 46.4 Å². The summed E-state index contributed by atoms with van der Waals surface area (Å²) < 4.78 is 0. The Labute approximate surface area is 122 Å². The van der Waals surface area contributed by atoms with Gasteiger partial charge in [-0.25, -0.2) is 0 Å². The number of β-amino-alcohol motifs (C(OH)–C–C–N with tert-alkyl or cyclic N) is 1. The van der Waals surface area contributed by atoms with Gasteiger partial charge in [0.25, 0.3) is 0 Å². The molecule has 0 aromatic rings. The standard InChI is InChI=1S/C15H29N3O2/c1-16(2)12-15(20)7-10-18(13-15)14(19)11-17-8-5-3-4-6-9-17/h20H,3-13H2,1-2H3/t15-/m1/s1. The highest BCUT2D eigenvalue weighted by molar-refractivity contribution is 5.78. The first-order valence-electron chi connectivity index (χ1n) is 7.86. The van der Waals surface area contributed by atoms with Crippen molar-refractivity contribution in [3.63, 3.8) is 0 Å². The molecule has 116 valence electrons. The Bertz CT molecular complexity index is 327. The maximum absolute atomic E-state index is 12.4. The Morgan fingerprint density at radius 1 is 1.15 bits per heavy atom. The van der Waals surface area contributed by atoms with Crippen molar-refractivity contribution < 1.29 is 9.90 Å². The largest absolute Gasteiger partial charge is 0.387 e. The highest BCUT2D eigenvalue weighted by atomic mass is 16.3. The zero-order chi connectivity index (χ0) is 14.6. The minimum Gasteiger partial charge on any atom is -0.387 e. The van der Waals surface area contributed by atoms with Crippen LogP contribution in [0, 0.1) is 0 Å². The van der Waals surface area contributed by atoms with Gasteiger partial charge in [0, 0.05) is 13.1 Å². The second kappa shape index (κ2) is 6.87. The maximum atomic E-state index is 12.4. The third-order valence-electron chi connectivity index (χ3n) is 4.35. The quantitative estimate of drug-likeness (QED) is 0.811. The summed E-state index contributed by atoms with van der Waals surface area (Å²) in [5.41, 5.74) is -0.724. The van der Waals surface area contributed by atoms with Crippen LogP contribution in [0.4, 0.5) is 0 Å². The Morgan fingerprint density at radius 2 is 1.80 bits per heavy atom. The van der Waals surface area contributed by atoms with E-state index < -0.39 is 5.60 Å². The molecule has 0 aromatic carbocycles. The number of likely N-dealkylation sites (tertiary alicyclic amines) is 2. The van der Waals surface area contributed by atoms with E-state index in [1.54, 1.807) is 0 Å². The summed E-state index contributed by atoms with van der Waals surface area (Å²) in [7, 11) is 3.92. The number of amides is 1. The number of carbonyl (C=O) groups is 1. The lowest BCUT2D eigenvalue weighted by atomic mass is 10.0. The predicted molar refractivity (Wildman–Crippen MR) is 79.6 cm³/mol. The number of aliphatic hydroxyl groups is 1. The van der Waals surface area contributed by atoms with Crippen molar-refractivity contribution in [2.24, 2.45) is 0 Å². The summed E-state index contributed by atoms with van der Waals surface area (Å²) in [6.45, 7) is 4.41. The van der Waals surface area contributed by atoms with Gasteiger partial charge < -0.3 is 14.9 Å². The average molecular weight is 283 g/mol. The minimum absolute atomic E-state index is 0.182.